The summed E-state index contributed by atoms with van der Waals surface area (Å²) in [5, 5.41) is 29.5. The molecule has 1 fully saturated rings. The normalized spacial score (nSPS) is 14.3. The van der Waals surface area contributed by atoms with Crippen LogP contribution in [0.15, 0.2) is 124 Å². The second-order valence-corrected chi connectivity index (χ2v) is 17.1. The third kappa shape index (κ3) is 9.93. The van der Waals surface area contributed by atoms with Crippen LogP contribution in [0.4, 0.5) is 35.2 Å². The summed E-state index contributed by atoms with van der Waals surface area (Å²) in [5.74, 6) is -1.36. The van der Waals surface area contributed by atoms with Crippen molar-refractivity contribution in [2.24, 2.45) is 0 Å². The molecule has 14 nitrogen and oxygen atoms in total. The SMILES string of the molecule is O=C(CCCCCNC(=O)c1ccc(-c2c3ccc(=O)cc-3oc3cc(O)ccc23)c(C(=O)O)c1)NCc1ccc(NC(=O)N2c3nc(-c4cccc(C(F)(F)F)c4)ccc3N3CCC[C@H]2C3)cc1. The number of anilines is 3. The van der Waals surface area contributed by atoms with Gasteiger partial charge in [0.05, 0.1) is 28.6 Å². The predicted octanol–water partition coefficient (Wildman–Crippen LogP) is 9.68. The lowest BCUT2D eigenvalue weighted by Crippen LogP contribution is -2.56. The number of piperidine rings is 1. The Labute approximate surface area is 392 Å². The number of alkyl halides is 3. The van der Waals surface area contributed by atoms with Gasteiger partial charge in [-0.15, -0.1) is 0 Å². The molecule has 4 aromatic carbocycles. The lowest BCUT2D eigenvalue weighted by molar-refractivity contribution is -0.137. The number of amides is 4. The van der Waals surface area contributed by atoms with Crippen LogP contribution in [0.25, 0.3) is 44.7 Å². The second-order valence-electron chi connectivity index (χ2n) is 17.1. The van der Waals surface area contributed by atoms with E-state index in [9.17, 15) is 47.4 Å². The number of hydrogen-bond acceptors (Lipinski definition) is 9. The first-order chi connectivity index (χ1) is 33.2. The number of carbonyl (C=O) groups excluding carboxylic acids is 3. The van der Waals surface area contributed by atoms with Gasteiger partial charge in [0, 0.05) is 78.1 Å². The van der Waals surface area contributed by atoms with Crippen molar-refractivity contribution in [1.29, 1.82) is 0 Å². The molecule has 5 N–H and O–H groups in total. The molecule has 352 valence electrons. The van der Waals surface area contributed by atoms with Crippen molar-refractivity contribution in [2.75, 3.05) is 34.8 Å². The number of rotatable bonds is 13. The summed E-state index contributed by atoms with van der Waals surface area (Å²) in [6.45, 7) is 1.95. The quantitative estimate of drug-likeness (QED) is 0.0549. The van der Waals surface area contributed by atoms with Crippen LogP contribution >= 0.6 is 0 Å². The third-order valence-electron chi connectivity index (χ3n) is 12.4. The lowest BCUT2D eigenvalue weighted by Gasteiger charge is -2.45. The molecule has 1 atom stereocenters. The molecule has 0 radical (unpaired) electrons. The van der Waals surface area contributed by atoms with E-state index in [0.717, 1.165) is 42.8 Å². The highest BCUT2D eigenvalue weighted by Gasteiger charge is 2.39. The van der Waals surface area contributed by atoms with Crippen molar-refractivity contribution >= 4 is 52.0 Å². The van der Waals surface area contributed by atoms with Crippen molar-refractivity contribution in [2.45, 2.75) is 57.3 Å². The Morgan fingerprint density at radius 1 is 0.841 bits per heavy atom. The summed E-state index contributed by atoms with van der Waals surface area (Å²) >= 11 is 0. The molecule has 3 aliphatic heterocycles. The summed E-state index contributed by atoms with van der Waals surface area (Å²) < 4.78 is 46.4. The molecule has 17 heteroatoms. The Kier molecular flexibility index (Phi) is 12.8. The number of nitrogens with one attached hydrogen (secondary N) is 3. The zero-order valence-corrected chi connectivity index (χ0v) is 36.9. The number of aromatic nitrogens is 1. The molecule has 1 aliphatic carbocycles. The molecule has 0 spiro atoms. The minimum Gasteiger partial charge on any atom is -0.508 e. The largest absolute Gasteiger partial charge is 0.508 e. The van der Waals surface area contributed by atoms with Crippen LogP contribution in [0.2, 0.25) is 0 Å². The van der Waals surface area contributed by atoms with Crippen molar-refractivity contribution < 1.29 is 47.0 Å². The number of carboxylic acids is 1. The number of pyridine rings is 1. The smallest absolute Gasteiger partial charge is 0.416 e. The highest BCUT2D eigenvalue weighted by molar-refractivity contribution is 6.09. The number of fused-ring (bicyclic) bond motifs is 6. The average Bonchev–Trinajstić information content (AvgIpc) is 3.33. The minimum atomic E-state index is -4.51. The molecular formula is C52H45F3N6O8. The van der Waals surface area contributed by atoms with Crippen LogP contribution in [0, 0.1) is 0 Å². The summed E-state index contributed by atoms with van der Waals surface area (Å²) in [6.07, 6.45) is -0.860. The van der Waals surface area contributed by atoms with Gasteiger partial charge in [-0.25, -0.2) is 14.6 Å². The number of carboxylic acid groups (broad SMARTS) is 1. The first kappa shape index (κ1) is 45.9. The van der Waals surface area contributed by atoms with Crippen LogP contribution in [-0.2, 0) is 17.5 Å². The standard InChI is InChI=1S/C52H45F3N6O8/c53-52(54,55)33-7-4-6-31(24-33)42-20-21-43-48(59-42)61(35-8-5-23-60(43)29-35)51(68)58-34-13-10-30(11-14-34)28-57-46(64)9-2-1-3-22-56-49(65)32-12-17-38(41(25-32)50(66)67)47-39-18-15-36(62)26-44(39)69-45-27-37(63)16-19-40(45)47/h4,6-7,10-21,24-27,35,62H,1-3,5,8-9,22-23,28-29H2,(H,56,65)(H,57,64)(H,58,68)(H,66,67)/t35-/m0/s1. The molecule has 4 amide bonds. The molecule has 69 heavy (non-hydrogen) atoms. The van der Waals surface area contributed by atoms with Crippen LogP contribution in [-0.4, -0.2) is 64.7 Å². The monoisotopic (exact) mass is 938 g/mol. The van der Waals surface area contributed by atoms with E-state index < -0.39 is 29.6 Å². The zero-order chi connectivity index (χ0) is 48.4. The van der Waals surface area contributed by atoms with Gasteiger partial charge in [0.25, 0.3) is 5.91 Å². The van der Waals surface area contributed by atoms with E-state index in [-0.39, 0.29) is 58.6 Å². The first-order valence-electron chi connectivity index (χ1n) is 22.4. The molecule has 5 aromatic rings. The maximum atomic E-state index is 13.9. The molecular weight excluding hydrogens is 894 g/mol. The van der Waals surface area contributed by atoms with Gasteiger partial charge < -0.3 is 35.5 Å². The minimum absolute atomic E-state index is 0.0730. The maximum absolute atomic E-state index is 13.9. The van der Waals surface area contributed by atoms with Gasteiger partial charge in [-0.05, 0) is 110 Å². The van der Waals surface area contributed by atoms with E-state index in [0.29, 0.717) is 77.2 Å². The Balaban J connectivity index is 0.749. The molecule has 0 saturated carbocycles. The Bertz CT molecular complexity index is 3160. The maximum Gasteiger partial charge on any atom is 0.416 e. The molecule has 2 bridgehead atoms. The van der Waals surface area contributed by atoms with Crippen molar-refractivity contribution in [3.63, 3.8) is 0 Å². The number of phenols is 1. The van der Waals surface area contributed by atoms with Gasteiger partial charge in [0.15, 0.2) is 11.2 Å². The number of nitrogens with zero attached hydrogens (tertiary/aromatic N) is 3. The van der Waals surface area contributed by atoms with Crippen molar-refractivity contribution in [3.05, 3.63) is 148 Å². The predicted molar refractivity (Wildman–Crippen MR) is 254 cm³/mol. The number of urea groups is 1. The Morgan fingerprint density at radius 2 is 1.65 bits per heavy atom. The molecule has 4 heterocycles. The van der Waals surface area contributed by atoms with E-state index in [1.807, 2.05) is 6.07 Å². The van der Waals surface area contributed by atoms with Gasteiger partial charge in [0.1, 0.15) is 17.1 Å². The van der Waals surface area contributed by atoms with Gasteiger partial charge >= 0.3 is 18.2 Å². The average molecular weight is 939 g/mol. The van der Waals surface area contributed by atoms with E-state index in [4.69, 9.17) is 9.40 Å². The summed E-state index contributed by atoms with van der Waals surface area (Å²) in [7, 11) is 0. The van der Waals surface area contributed by atoms with Crippen molar-refractivity contribution in [1.82, 2.24) is 15.6 Å². The van der Waals surface area contributed by atoms with Crippen LogP contribution < -0.4 is 31.2 Å². The zero-order valence-electron chi connectivity index (χ0n) is 36.9. The van der Waals surface area contributed by atoms with Gasteiger partial charge in [-0.2, -0.15) is 13.2 Å². The van der Waals surface area contributed by atoms with Gasteiger partial charge in [-0.3, -0.25) is 19.3 Å². The Hall–Kier alpha value is -8.21. The fourth-order valence-corrected chi connectivity index (χ4v) is 9.00. The molecule has 1 saturated heterocycles. The number of halogens is 3. The molecule has 4 aliphatic rings. The van der Waals surface area contributed by atoms with E-state index in [1.54, 1.807) is 59.5 Å². The first-order valence-corrected chi connectivity index (χ1v) is 22.4. The van der Waals surface area contributed by atoms with Crippen LogP contribution in [0.1, 0.15) is 70.4 Å². The second kappa shape index (κ2) is 19.2. The number of benzene rings is 5. The van der Waals surface area contributed by atoms with Crippen LogP contribution in [0.5, 0.6) is 5.75 Å². The van der Waals surface area contributed by atoms with E-state index in [2.05, 4.69) is 20.9 Å². The van der Waals surface area contributed by atoms with Crippen molar-refractivity contribution in [3.8, 4) is 39.5 Å². The fraction of sp³-hybridized carbons (Fsp3) is 0.231. The topological polar surface area (TPSA) is 194 Å². The molecule has 0 unspecified atom stereocenters. The summed E-state index contributed by atoms with van der Waals surface area (Å²) in [6, 6.07) is 27.9. The highest BCUT2D eigenvalue weighted by Crippen LogP contribution is 2.43. The number of carbonyl (C=O) groups is 4. The van der Waals surface area contributed by atoms with Gasteiger partial charge in [-0.1, -0.05) is 36.8 Å². The fourth-order valence-electron chi connectivity index (χ4n) is 9.00. The lowest BCUT2D eigenvalue weighted by atomic mass is 9.90. The van der Waals surface area contributed by atoms with E-state index in [1.165, 1.54) is 42.5 Å². The number of unbranched alkanes of at least 4 members (excludes halogenated alkanes) is 2. The van der Waals surface area contributed by atoms with E-state index >= 15 is 0 Å². The highest BCUT2D eigenvalue weighted by atomic mass is 19.4. The summed E-state index contributed by atoms with van der Waals surface area (Å²) in [5.41, 5.74) is 3.09. The molecule has 1 aromatic heterocycles. The number of aromatic carboxylic acids is 1. The number of phenolic OH excluding ortho intramolecular Hbond substituents is 1. The number of hydrogen-bond donors (Lipinski definition) is 5. The van der Waals surface area contributed by atoms with Gasteiger partial charge in [0.2, 0.25) is 5.91 Å². The third-order valence-corrected chi connectivity index (χ3v) is 12.4. The Morgan fingerprint density at radius 3 is 2.45 bits per heavy atom. The molecule has 9 rings (SSSR count). The number of aromatic hydroxyl groups is 1. The summed E-state index contributed by atoms with van der Waals surface area (Å²) in [4.78, 5) is 73.0. The van der Waals surface area contributed by atoms with Crippen LogP contribution in [0.3, 0.4) is 0 Å².